The van der Waals surface area contributed by atoms with Crippen LogP contribution in [0.5, 0.6) is 5.75 Å². The normalized spacial score (nSPS) is 15.1. The maximum Gasteiger partial charge on any atom is 0.267 e. The Morgan fingerprint density at radius 1 is 1.22 bits per heavy atom. The van der Waals surface area contributed by atoms with E-state index in [2.05, 4.69) is 10.3 Å². The van der Waals surface area contributed by atoms with E-state index in [1.165, 1.54) is 21.1 Å². The summed E-state index contributed by atoms with van der Waals surface area (Å²) in [5.41, 5.74) is 2.49. The molecule has 0 unspecified atom stereocenters. The molecule has 2 aromatic heterocycles. The summed E-state index contributed by atoms with van der Waals surface area (Å²) in [5.74, 6) is 0.966. The lowest BCUT2D eigenvalue weighted by molar-refractivity contribution is -0.122. The summed E-state index contributed by atoms with van der Waals surface area (Å²) < 4.78 is 7.13. The molecule has 0 saturated carbocycles. The zero-order valence-corrected chi connectivity index (χ0v) is 19.5. The minimum atomic E-state index is -0.241. The maximum absolute atomic E-state index is 13.2. The number of nitrogens with zero attached hydrogens (tertiary/aromatic N) is 3. The van der Waals surface area contributed by atoms with E-state index in [0.29, 0.717) is 39.3 Å². The Morgan fingerprint density at radius 2 is 1.97 bits per heavy atom. The Kier molecular flexibility index (Phi) is 6.29. The van der Waals surface area contributed by atoms with Crippen LogP contribution in [0, 0.1) is 6.92 Å². The number of benzene rings is 1. The fourth-order valence-electron chi connectivity index (χ4n) is 3.42. The van der Waals surface area contributed by atoms with Gasteiger partial charge in [-0.3, -0.25) is 18.9 Å². The van der Waals surface area contributed by atoms with Crippen molar-refractivity contribution < 1.29 is 9.53 Å². The molecule has 32 heavy (non-hydrogen) atoms. The molecule has 3 heterocycles. The Labute approximate surface area is 195 Å². The standard InChI is InChI=1S/C23H22N4O3S2/c1-4-24-19-17(21(28)26-11-5-6-14(2)20(26)25-19)12-18-22(29)27(23(31)32-18)13-15-7-9-16(30-3)10-8-15/h5-12,24H,4,13H2,1-3H3/b18-12+. The predicted molar refractivity (Wildman–Crippen MR) is 132 cm³/mol. The Hall–Kier alpha value is -3.17. The van der Waals surface area contributed by atoms with Crippen LogP contribution in [0.4, 0.5) is 5.82 Å². The summed E-state index contributed by atoms with van der Waals surface area (Å²) in [4.78, 5) is 32.9. The fourth-order valence-corrected chi connectivity index (χ4v) is 4.66. The van der Waals surface area contributed by atoms with Gasteiger partial charge in [0.05, 0.1) is 24.1 Å². The number of methoxy groups -OCH3 is 1. The van der Waals surface area contributed by atoms with Crippen molar-refractivity contribution in [1.82, 2.24) is 14.3 Å². The molecule has 1 aliphatic heterocycles. The van der Waals surface area contributed by atoms with Crippen molar-refractivity contribution in [2.24, 2.45) is 0 Å². The van der Waals surface area contributed by atoms with Gasteiger partial charge in [0.25, 0.3) is 11.5 Å². The van der Waals surface area contributed by atoms with Crippen LogP contribution >= 0.6 is 24.0 Å². The van der Waals surface area contributed by atoms with E-state index >= 15 is 0 Å². The number of hydrogen-bond acceptors (Lipinski definition) is 7. The van der Waals surface area contributed by atoms with Gasteiger partial charge in [-0.25, -0.2) is 4.98 Å². The lowest BCUT2D eigenvalue weighted by Crippen LogP contribution is -2.27. The van der Waals surface area contributed by atoms with Crippen molar-refractivity contribution in [3.8, 4) is 5.75 Å². The number of ether oxygens (including phenoxy) is 1. The first-order chi connectivity index (χ1) is 15.4. The van der Waals surface area contributed by atoms with Gasteiger partial charge < -0.3 is 10.1 Å². The topological polar surface area (TPSA) is 75.9 Å². The number of thiocarbonyl (C=S) groups is 1. The van der Waals surface area contributed by atoms with Crippen LogP contribution in [-0.2, 0) is 11.3 Å². The van der Waals surface area contributed by atoms with Gasteiger partial charge >= 0.3 is 0 Å². The summed E-state index contributed by atoms with van der Waals surface area (Å²) in [7, 11) is 1.61. The number of nitrogens with one attached hydrogen (secondary N) is 1. The van der Waals surface area contributed by atoms with E-state index in [0.717, 1.165) is 16.9 Å². The third-order valence-corrected chi connectivity index (χ3v) is 6.46. The summed E-state index contributed by atoms with van der Waals surface area (Å²) in [6.45, 7) is 4.77. The van der Waals surface area contributed by atoms with Gasteiger partial charge in [0.2, 0.25) is 0 Å². The van der Waals surface area contributed by atoms with E-state index in [1.807, 2.05) is 44.2 Å². The van der Waals surface area contributed by atoms with Gasteiger partial charge in [0, 0.05) is 12.7 Å². The molecule has 1 amide bonds. The molecule has 7 nitrogen and oxygen atoms in total. The van der Waals surface area contributed by atoms with Crippen molar-refractivity contribution in [3.63, 3.8) is 0 Å². The first-order valence-corrected chi connectivity index (χ1v) is 11.3. The molecule has 164 valence electrons. The third kappa shape index (κ3) is 4.13. The smallest absolute Gasteiger partial charge is 0.267 e. The lowest BCUT2D eigenvalue weighted by Gasteiger charge is -2.14. The largest absolute Gasteiger partial charge is 0.497 e. The highest BCUT2D eigenvalue weighted by atomic mass is 32.2. The number of anilines is 1. The second-order valence-corrected chi connectivity index (χ2v) is 8.89. The lowest BCUT2D eigenvalue weighted by atomic mass is 10.2. The first kappa shape index (κ1) is 22.0. The summed E-state index contributed by atoms with van der Waals surface area (Å²) in [5, 5.41) is 3.15. The van der Waals surface area contributed by atoms with Crippen LogP contribution in [0.15, 0.2) is 52.3 Å². The average molecular weight is 467 g/mol. The second kappa shape index (κ2) is 9.13. The molecule has 1 aromatic carbocycles. The van der Waals surface area contributed by atoms with E-state index in [1.54, 1.807) is 25.4 Å². The van der Waals surface area contributed by atoms with Crippen LogP contribution < -0.4 is 15.6 Å². The van der Waals surface area contributed by atoms with Crippen LogP contribution in [-0.4, -0.2) is 38.2 Å². The zero-order valence-electron chi connectivity index (χ0n) is 17.9. The third-order valence-electron chi connectivity index (χ3n) is 5.08. The molecular weight excluding hydrogens is 444 g/mol. The van der Waals surface area contributed by atoms with Crippen LogP contribution in [0.2, 0.25) is 0 Å². The SMILES string of the molecule is CCNc1nc2c(C)cccn2c(=O)c1/C=C1/SC(=S)N(Cc2ccc(OC)cc2)C1=O. The van der Waals surface area contributed by atoms with E-state index in [4.69, 9.17) is 17.0 Å². The van der Waals surface area contributed by atoms with E-state index in [9.17, 15) is 9.59 Å². The Bertz CT molecular complexity index is 1300. The molecule has 0 spiro atoms. The number of pyridine rings is 1. The van der Waals surface area contributed by atoms with Gasteiger partial charge in [-0.2, -0.15) is 0 Å². The predicted octanol–water partition coefficient (Wildman–Crippen LogP) is 3.84. The number of rotatable bonds is 6. The van der Waals surface area contributed by atoms with Gasteiger partial charge in [-0.15, -0.1) is 0 Å². The van der Waals surface area contributed by atoms with Gasteiger partial charge in [-0.1, -0.05) is 42.2 Å². The highest BCUT2D eigenvalue weighted by Gasteiger charge is 2.32. The molecule has 0 atom stereocenters. The van der Waals surface area contributed by atoms with E-state index in [-0.39, 0.29) is 11.5 Å². The number of amides is 1. The number of fused-ring (bicyclic) bond motifs is 1. The van der Waals surface area contributed by atoms with Crippen molar-refractivity contribution in [3.05, 3.63) is 74.5 Å². The Morgan fingerprint density at radius 3 is 2.66 bits per heavy atom. The van der Waals surface area contributed by atoms with Crippen molar-refractivity contribution in [2.45, 2.75) is 20.4 Å². The van der Waals surface area contributed by atoms with Crippen LogP contribution in [0.3, 0.4) is 0 Å². The van der Waals surface area contributed by atoms with Crippen LogP contribution in [0.25, 0.3) is 11.7 Å². The highest BCUT2D eigenvalue weighted by molar-refractivity contribution is 8.26. The number of aromatic nitrogens is 2. The second-order valence-electron chi connectivity index (χ2n) is 7.21. The molecule has 4 rings (SSSR count). The zero-order chi connectivity index (χ0) is 22.8. The number of carbonyl (C=O) groups excluding carboxylic acids is 1. The molecule has 0 bridgehead atoms. The van der Waals surface area contributed by atoms with E-state index < -0.39 is 0 Å². The van der Waals surface area contributed by atoms with Crippen molar-refractivity contribution in [1.29, 1.82) is 0 Å². The van der Waals surface area contributed by atoms with Crippen molar-refractivity contribution >= 4 is 51.7 Å². The minimum absolute atomic E-state index is 0.230. The maximum atomic E-state index is 13.2. The molecule has 9 heteroatoms. The van der Waals surface area contributed by atoms with Gasteiger partial charge in [0.15, 0.2) is 0 Å². The summed E-state index contributed by atoms with van der Waals surface area (Å²) in [6, 6.07) is 11.2. The molecule has 3 aromatic rings. The number of carbonyl (C=O) groups is 1. The summed E-state index contributed by atoms with van der Waals surface area (Å²) in [6.07, 6.45) is 3.27. The van der Waals surface area contributed by atoms with Crippen molar-refractivity contribution in [2.75, 3.05) is 19.0 Å². The number of aryl methyl sites for hydroxylation is 1. The first-order valence-electron chi connectivity index (χ1n) is 10.1. The van der Waals surface area contributed by atoms with Gasteiger partial charge in [0.1, 0.15) is 21.5 Å². The number of hydrogen-bond donors (Lipinski definition) is 1. The average Bonchev–Trinajstić information content (AvgIpc) is 3.05. The molecule has 0 aliphatic carbocycles. The molecule has 1 N–H and O–H groups in total. The monoisotopic (exact) mass is 466 g/mol. The molecular formula is C23H22N4O3S2. The molecule has 0 radical (unpaired) electrons. The Balaban J connectivity index is 1.71. The molecule has 1 saturated heterocycles. The number of thioether (sulfide) groups is 1. The van der Waals surface area contributed by atoms with Crippen LogP contribution in [0.1, 0.15) is 23.6 Å². The quantitative estimate of drug-likeness (QED) is 0.437. The fraction of sp³-hybridized carbons (Fsp3) is 0.217. The van der Waals surface area contributed by atoms with Gasteiger partial charge in [-0.05, 0) is 49.2 Å². The highest BCUT2D eigenvalue weighted by Crippen LogP contribution is 2.34. The molecule has 1 aliphatic rings. The summed E-state index contributed by atoms with van der Waals surface area (Å²) >= 11 is 6.65. The molecule has 1 fully saturated rings. The minimum Gasteiger partial charge on any atom is -0.497 e.